The van der Waals surface area contributed by atoms with Gasteiger partial charge >= 0.3 is 0 Å². The van der Waals surface area contributed by atoms with Crippen molar-refractivity contribution in [2.75, 3.05) is 0 Å². The van der Waals surface area contributed by atoms with Crippen LogP contribution in [0.15, 0.2) is 48.7 Å². The molecule has 3 rings (SSSR count). The largest absolute Gasteiger partial charge is 0.334 e. The fraction of sp³-hybridized carbons (Fsp3) is 0.294. The van der Waals surface area contributed by atoms with Gasteiger partial charge in [-0.3, -0.25) is 9.78 Å². The molecule has 0 radical (unpaired) electrons. The highest BCUT2D eigenvalue weighted by Gasteiger charge is 2.32. The van der Waals surface area contributed by atoms with Gasteiger partial charge in [-0.25, -0.2) is 4.39 Å². The Hall–Kier alpha value is -2.23. The minimum absolute atomic E-state index is 0.0340. The summed E-state index contributed by atoms with van der Waals surface area (Å²) in [6.45, 7) is 0.499. The number of rotatable bonds is 5. The number of pyridine rings is 1. The standard InChI is InChI=1S/C17H17FN2O/c18-16-7-2-1-5-13(16)11-17(21)20(15-8-9-15)12-14-6-3-4-10-19-14/h1-7,10,15H,8-9,11-12H2. The molecule has 1 aliphatic carbocycles. The molecule has 1 fully saturated rings. The number of benzene rings is 1. The Labute approximate surface area is 123 Å². The molecule has 0 spiro atoms. The van der Waals surface area contributed by atoms with Crippen LogP contribution in [0.4, 0.5) is 4.39 Å². The van der Waals surface area contributed by atoms with Crippen LogP contribution in [-0.4, -0.2) is 21.8 Å². The van der Waals surface area contributed by atoms with E-state index in [4.69, 9.17) is 0 Å². The van der Waals surface area contributed by atoms with Crippen molar-refractivity contribution in [3.8, 4) is 0 Å². The van der Waals surface area contributed by atoms with Crippen molar-refractivity contribution < 1.29 is 9.18 Å². The molecular weight excluding hydrogens is 267 g/mol. The molecule has 1 amide bonds. The maximum atomic E-state index is 13.7. The quantitative estimate of drug-likeness (QED) is 0.845. The van der Waals surface area contributed by atoms with Crippen LogP contribution in [0.25, 0.3) is 0 Å². The third-order valence-corrected chi connectivity index (χ3v) is 3.67. The minimum Gasteiger partial charge on any atom is -0.334 e. The van der Waals surface area contributed by atoms with Crippen molar-refractivity contribution in [2.24, 2.45) is 0 Å². The molecule has 0 N–H and O–H groups in total. The van der Waals surface area contributed by atoms with Gasteiger partial charge in [-0.2, -0.15) is 0 Å². The second kappa shape index (κ2) is 6.04. The van der Waals surface area contributed by atoms with Crippen LogP contribution in [0.1, 0.15) is 24.1 Å². The number of nitrogens with zero attached hydrogens (tertiary/aromatic N) is 2. The summed E-state index contributed by atoms with van der Waals surface area (Å²) >= 11 is 0. The minimum atomic E-state index is -0.320. The fourth-order valence-corrected chi connectivity index (χ4v) is 2.38. The van der Waals surface area contributed by atoms with Crippen molar-refractivity contribution in [3.05, 3.63) is 65.7 Å². The first-order chi connectivity index (χ1) is 10.2. The van der Waals surface area contributed by atoms with Crippen molar-refractivity contribution >= 4 is 5.91 Å². The lowest BCUT2D eigenvalue weighted by Crippen LogP contribution is -2.34. The second-order valence-corrected chi connectivity index (χ2v) is 5.34. The van der Waals surface area contributed by atoms with Gasteiger partial charge in [0, 0.05) is 12.2 Å². The summed E-state index contributed by atoms with van der Waals surface area (Å²) in [5.41, 5.74) is 1.32. The van der Waals surface area contributed by atoms with Gasteiger partial charge in [-0.1, -0.05) is 24.3 Å². The van der Waals surface area contributed by atoms with E-state index in [-0.39, 0.29) is 24.2 Å². The van der Waals surface area contributed by atoms with E-state index in [9.17, 15) is 9.18 Å². The lowest BCUT2D eigenvalue weighted by molar-refractivity contribution is -0.131. The fourth-order valence-electron chi connectivity index (χ4n) is 2.38. The normalized spacial score (nSPS) is 14.0. The molecule has 21 heavy (non-hydrogen) atoms. The first kappa shape index (κ1) is 13.7. The molecule has 1 saturated carbocycles. The summed E-state index contributed by atoms with van der Waals surface area (Å²) < 4.78 is 13.7. The highest BCUT2D eigenvalue weighted by atomic mass is 19.1. The Morgan fingerprint density at radius 2 is 1.95 bits per heavy atom. The molecule has 1 aromatic heterocycles. The predicted octanol–water partition coefficient (Wildman–Crippen LogP) is 2.95. The number of hydrogen-bond acceptors (Lipinski definition) is 2. The van der Waals surface area contributed by atoms with Gasteiger partial charge < -0.3 is 4.90 Å². The zero-order valence-electron chi connectivity index (χ0n) is 11.7. The molecule has 1 aliphatic rings. The highest BCUT2D eigenvalue weighted by molar-refractivity contribution is 5.79. The summed E-state index contributed by atoms with van der Waals surface area (Å²) in [6, 6.07) is 12.4. The molecule has 0 aliphatic heterocycles. The average Bonchev–Trinajstić information content (AvgIpc) is 3.33. The summed E-state index contributed by atoms with van der Waals surface area (Å²) in [7, 11) is 0. The molecular formula is C17H17FN2O. The molecule has 3 nitrogen and oxygen atoms in total. The molecule has 4 heteroatoms. The third kappa shape index (κ3) is 3.45. The molecule has 0 bridgehead atoms. The van der Waals surface area contributed by atoms with Crippen LogP contribution in [-0.2, 0) is 17.8 Å². The number of hydrogen-bond donors (Lipinski definition) is 0. The van der Waals surface area contributed by atoms with Gasteiger partial charge in [-0.05, 0) is 36.6 Å². The molecule has 1 aromatic carbocycles. The molecule has 108 valence electrons. The van der Waals surface area contributed by atoms with E-state index in [0.717, 1.165) is 18.5 Å². The van der Waals surface area contributed by atoms with Crippen molar-refractivity contribution in [1.82, 2.24) is 9.88 Å². The van der Waals surface area contributed by atoms with Crippen LogP contribution in [0.3, 0.4) is 0 Å². The summed E-state index contributed by atoms with van der Waals surface area (Å²) in [5, 5.41) is 0. The number of carbonyl (C=O) groups is 1. The van der Waals surface area contributed by atoms with Crippen molar-refractivity contribution in [2.45, 2.75) is 31.8 Å². The number of aromatic nitrogens is 1. The van der Waals surface area contributed by atoms with Gasteiger partial charge in [0.1, 0.15) is 5.82 Å². The third-order valence-electron chi connectivity index (χ3n) is 3.67. The Balaban J connectivity index is 1.72. The zero-order valence-corrected chi connectivity index (χ0v) is 11.7. The van der Waals surface area contributed by atoms with Gasteiger partial charge in [0.25, 0.3) is 0 Å². The Morgan fingerprint density at radius 1 is 1.19 bits per heavy atom. The van der Waals surface area contributed by atoms with Gasteiger partial charge in [0.2, 0.25) is 5.91 Å². The monoisotopic (exact) mass is 284 g/mol. The van der Waals surface area contributed by atoms with Gasteiger partial charge in [0.15, 0.2) is 0 Å². The van der Waals surface area contributed by atoms with E-state index in [1.807, 2.05) is 23.1 Å². The van der Waals surface area contributed by atoms with E-state index < -0.39 is 0 Å². The number of amides is 1. The summed E-state index contributed by atoms with van der Waals surface area (Å²) in [6.07, 6.45) is 3.88. The molecule has 0 atom stereocenters. The lowest BCUT2D eigenvalue weighted by atomic mass is 10.1. The van der Waals surface area contributed by atoms with Crippen molar-refractivity contribution in [3.63, 3.8) is 0 Å². The SMILES string of the molecule is O=C(Cc1ccccc1F)N(Cc1ccccn1)C1CC1. The maximum Gasteiger partial charge on any atom is 0.227 e. The average molecular weight is 284 g/mol. The molecule has 0 unspecified atom stereocenters. The summed E-state index contributed by atoms with van der Waals surface area (Å²) in [5.74, 6) is -0.354. The molecule has 2 aromatic rings. The lowest BCUT2D eigenvalue weighted by Gasteiger charge is -2.22. The van der Waals surface area contributed by atoms with E-state index in [2.05, 4.69) is 4.98 Å². The maximum absolute atomic E-state index is 13.7. The van der Waals surface area contributed by atoms with Crippen LogP contribution >= 0.6 is 0 Å². The van der Waals surface area contributed by atoms with E-state index in [0.29, 0.717) is 12.1 Å². The van der Waals surface area contributed by atoms with Crippen LogP contribution in [0, 0.1) is 5.82 Å². The van der Waals surface area contributed by atoms with Gasteiger partial charge in [0.05, 0.1) is 18.7 Å². The first-order valence-corrected chi connectivity index (χ1v) is 7.17. The number of halogens is 1. The van der Waals surface area contributed by atoms with Crippen LogP contribution in [0.2, 0.25) is 0 Å². The predicted molar refractivity (Wildman–Crippen MR) is 77.9 cm³/mol. The van der Waals surface area contributed by atoms with Crippen molar-refractivity contribution in [1.29, 1.82) is 0 Å². The zero-order chi connectivity index (χ0) is 14.7. The number of carbonyl (C=O) groups excluding carboxylic acids is 1. The smallest absolute Gasteiger partial charge is 0.227 e. The molecule has 1 heterocycles. The Kier molecular flexibility index (Phi) is 3.95. The Morgan fingerprint density at radius 3 is 2.62 bits per heavy atom. The highest BCUT2D eigenvalue weighted by Crippen LogP contribution is 2.29. The van der Waals surface area contributed by atoms with Gasteiger partial charge in [-0.15, -0.1) is 0 Å². The topological polar surface area (TPSA) is 33.2 Å². The Bertz CT molecular complexity index is 626. The van der Waals surface area contributed by atoms with E-state index in [1.165, 1.54) is 6.07 Å². The summed E-state index contributed by atoms with van der Waals surface area (Å²) in [4.78, 5) is 18.6. The van der Waals surface area contributed by atoms with E-state index >= 15 is 0 Å². The first-order valence-electron chi connectivity index (χ1n) is 7.17. The van der Waals surface area contributed by atoms with Crippen LogP contribution < -0.4 is 0 Å². The van der Waals surface area contributed by atoms with Crippen LogP contribution in [0.5, 0.6) is 0 Å². The molecule has 0 saturated heterocycles. The van der Waals surface area contributed by atoms with E-state index in [1.54, 1.807) is 24.4 Å². The second-order valence-electron chi connectivity index (χ2n) is 5.34.